The van der Waals surface area contributed by atoms with Gasteiger partial charge in [-0.1, -0.05) is 4.13 Å². The van der Waals surface area contributed by atoms with Crippen LogP contribution < -0.4 is 4.13 Å². The number of halogens is 7. The van der Waals surface area contributed by atoms with Gasteiger partial charge in [0.25, 0.3) is 6.08 Å². The molecule has 1 aromatic rings. The lowest BCUT2D eigenvalue weighted by molar-refractivity contribution is -0.0476. The summed E-state index contributed by atoms with van der Waals surface area (Å²) in [6, 6.07) is 0. The summed E-state index contributed by atoms with van der Waals surface area (Å²) in [6.45, 7) is 0. The van der Waals surface area contributed by atoms with Gasteiger partial charge in [0.05, 0.1) is 0 Å². The van der Waals surface area contributed by atoms with Crippen molar-refractivity contribution in [2.45, 2.75) is 11.0 Å². The summed E-state index contributed by atoms with van der Waals surface area (Å²) in [5, 5.41) is 0. The SMILES string of the molecule is Fc1ncc[nH]1.O=S(=O)(NS(=O)(=O)C(F)(F)F)C(F)(F)F. The van der Waals surface area contributed by atoms with Crippen LogP contribution in [0.15, 0.2) is 12.4 Å². The number of hydrogen-bond acceptors (Lipinski definition) is 5. The fraction of sp³-hybridized carbons (Fsp3) is 0.400. The Bertz CT molecular complexity index is 603. The smallest absolute Gasteiger partial charge is 0.321 e. The number of aromatic nitrogens is 2. The van der Waals surface area contributed by atoms with Gasteiger partial charge in [-0.05, 0) is 0 Å². The van der Waals surface area contributed by atoms with Gasteiger partial charge in [0, 0.05) is 12.4 Å². The third-order valence-corrected chi connectivity index (χ3v) is 4.27. The van der Waals surface area contributed by atoms with Crippen molar-refractivity contribution in [1.29, 1.82) is 0 Å². The Hall–Kier alpha value is -1.42. The fourth-order valence-electron chi connectivity index (χ4n) is 0.485. The normalized spacial score (nSPS) is 13.5. The second-order valence-electron chi connectivity index (χ2n) is 2.86. The van der Waals surface area contributed by atoms with E-state index < -0.39 is 41.3 Å². The highest BCUT2D eigenvalue weighted by Crippen LogP contribution is 2.27. The molecular weight excluding hydrogens is 363 g/mol. The van der Waals surface area contributed by atoms with Crippen molar-refractivity contribution in [2.24, 2.45) is 0 Å². The molecule has 2 N–H and O–H groups in total. The zero-order chi connectivity index (χ0) is 17.1. The highest BCUT2D eigenvalue weighted by atomic mass is 32.3. The first-order chi connectivity index (χ1) is 9.10. The number of H-pyrrole nitrogens is 1. The first-order valence-corrected chi connectivity index (χ1v) is 7.13. The number of hydrogen-bond donors (Lipinski definition) is 2. The van der Waals surface area contributed by atoms with E-state index in [1.165, 1.54) is 12.4 Å². The number of rotatable bonds is 2. The molecule has 1 rings (SSSR count). The topological polar surface area (TPSA) is 109 Å². The van der Waals surface area contributed by atoms with Crippen molar-refractivity contribution < 1.29 is 47.6 Å². The van der Waals surface area contributed by atoms with Crippen LogP contribution in [0, 0.1) is 6.08 Å². The van der Waals surface area contributed by atoms with Crippen LogP contribution >= 0.6 is 0 Å². The number of nitrogens with zero attached hydrogens (tertiary/aromatic N) is 1. The van der Waals surface area contributed by atoms with Crippen molar-refractivity contribution in [3.63, 3.8) is 0 Å². The average Bonchev–Trinajstić information content (AvgIpc) is 2.64. The van der Waals surface area contributed by atoms with Crippen LogP contribution in [0.2, 0.25) is 0 Å². The Balaban J connectivity index is 0.000000547. The van der Waals surface area contributed by atoms with E-state index >= 15 is 0 Å². The molecule has 0 fully saturated rings. The lowest BCUT2D eigenvalue weighted by atomic mass is 11.0. The molecule has 0 aromatic carbocycles. The lowest BCUT2D eigenvalue weighted by Crippen LogP contribution is -2.45. The minimum absolute atomic E-state index is 0.493. The van der Waals surface area contributed by atoms with E-state index in [1.54, 1.807) is 0 Å². The van der Waals surface area contributed by atoms with E-state index in [4.69, 9.17) is 0 Å². The lowest BCUT2D eigenvalue weighted by Gasteiger charge is -2.11. The van der Waals surface area contributed by atoms with Gasteiger partial charge in [-0.2, -0.15) is 30.7 Å². The standard InChI is InChI=1S/C3H3FN2.C2HF6NO4S2/c4-3-5-1-2-6-3;3-1(4,5)14(10,11)9-15(12,13)2(6,7)8/h1-2H,(H,5,6);9H. The summed E-state index contributed by atoms with van der Waals surface area (Å²) in [5.41, 5.74) is -12.3. The maximum atomic E-state index is 11.5. The van der Waals surface area contributed by atoms with E-state index in [0.29, 0.717) is 0 Å². The van der Waals surface area contributed by atoms with Gasteiger partial charge in [0.15, 0.2) is 0 Å². The molecule has 0 aliphatic carbocycles. The molecule has 0 spiro atoms. The maximum Gasteiger partial charge on any atom is 0.512 e. The highest BCUT2D eigenvalue weighted by molar-refractivity contribution is 8.05. The number of sulfonamides is 2. The third kappa shape index (κ3) is 5.84. The summed E-state index contributed by atoms with van der Waals surface area (Å²) in [7, 11) is -13.2. The molecular formula is C5H4F7N3O4S2. The van der Waals surface area contributed by atoms with E-state index in [2.05, 4.69) is 9.97 Å². The molecule has 0 saturated carbocycles. The minimum atomic E-state index is -6.60. The van der Waals surface area contributed by atoms with Gasteiger partial charge in [0.2, 0.25) is 0 Å². The maximum absolute atomic E-state index is 11.5. The zero-order valence-corrected chi connectivity index (χ0v) is 10.8. The Labute approximate surface area is 112 Å². The molecule has 0 radical (unpaired) electrons. The summed E-state index contributed by atoms with van der Waals surface area (Å²) in [5.74, 6) is 0. The molecule has 1 aromatic heterocycles. The monoisotopic (exact) mass is 367 g/mol. The molecule has 1 heterocycles. The molecule has 0 amide bonds. The molecule has 0 atom stereocenters. The van der Waals surface area contributed by atoms with Gasteiger partial charge in [0.1, 0.15) is 0 Å². The minimum Gasteiger partial charge on any atom is -0.321 e. The summed E-state index contributed by atoms with van der Waals surface area (Å²) in [6.07, 6.45) is 2.25. The molecule has 0 saturated heterocycles. The van der Waals surface area contributed by atoms with Crippen LogP contribution in [-0.4, -0.2) is 37.8 Å². The zero-order valence-electron chi connectivity index (χ0n) is 9.20. The molecule has 124 valence electrons. The van der Waals surface area contributed by atoms with Crippen molar-refractivity contribution >= 4 is 20.0 Å². The molecule has 16 heteroatoms. The molecule has 0 unspecified atom stereocenters. The van der Waals surface area contributed by atoms with Crippen LogP contribution in [-0.2, 0) is 20.0 Å². The second-order valence-corrected chi connectivity index (χ2v) is 6.47. The van der Waals surface area contributed by atoms with Gasteiger partial charge in [-0.3, -0.25) is 0 Å². The Morgan fingerprint density at radius 2 is 1.33 bits per heavy atom. The predicted octanol–water partition coefficient (Wildman–Crippen LogP) is 0.824. The average molecular weight is 367 g/mol. The fourth-order valence-corrected chi connectivity index (χ4v) is 2.40. The molecule has 7 nitrogen and oxygen atoms in total. The van der Waals surface area contributed by atoms with Gasteiger partial charge >= 0.3 is 31.1 Å². The summed E-state index contributed by atoms with van der Waals surface area (Å²) in [4.78, 5) is 5.42. The number of alkyl halides is 6. The number of imidazole rings is 1. The number of aromatic amines is 1. The van der Waals surface area contributed by atoms with Crippen LogP contribution in [0.4, 0.5) is 30.7 Å². The predicted molar refractivity (Wildman–Crippen MR) is 51.6 cm³/mol. The Morgan fingerprint density at radius 1 is 0.952 bits per heavy atom. The molecule has 0 bridgehead atoms. The van der Waals surface area contributed by atoms with E-state index in [0.717, 1.165) is 0 Å². The van der Waals surface area contributed by atoms with Crippen molar-refractivity contribution in [3.8, 4) is 0 Å². The van der Waals surface area contributed by atoms with Crippen LogP contribution in [0.1, 0.15) is 0 Å². The van der Waals surface area contributed by atoms with Crippen LogP contribution in [0.25, 0.3) is 0 Å². The second kappa shape index (κ2) is 6.14. The van der Waals surface area contributed by atoms with E-state index in [-0.39, 0.29) is 0 Å². The molecule has 0 aliphatic heterocycles. The number of nitrogens with one attached hydrogen (secondary N) is 2. The van der Waals surface area contributed by atoms with Crippen molar-refractivity contribution in [3.05, 3.63) is 18.5 Å². The largest absolute Gasteiger partial charge is 0.512 e. The summed E-state index contributed by atoms with van der Waals surface area (Å²) >= 11 is 0. The van der Waals surface area contributed by atoms with Gasteiger partial charge in [-0.15, -0.1) is 0 Å². The third-order valence-electron chi connectivity index (χ3n) is 1.29. The van der Waals surface area contributed by atoms with Gasteiger partial charge in [-0.25, -0.2) is 21.8 Å². The summed E-state index contributed by atoms with van der Waals surface area (Å²) < 4.78 is 120. The Kier molecular flexibility index (Phi) is 5.73. The molecule has 0 aliphatic rings. The van der Waals surface area contributed by atoms with Crippen molar-refractivity contribution in [1.82, 2.24) is 14.1 Å². The molecule has 21 heavy (non-hydrogen) atoms. The van der Waals surface area contributed by atoms with Crippen LogP contribution in [0.5, 0.6) is 0 Å². The van der Waals surface area contributed by atoms with Crippen molar-refractivity contribution in [2.75, 3.05) is 0 Å². The first-order valence-electron chi connectivity index (χ1n) is 4.16. The van der Waals surface area contributed by atoms with E-state index in [9.17, 15) is 47.6 Å². The van der Waals surface area contributed by atoms with Crippen LogP contribution in [0.3, 0.4) is 0 Å². The Morgan fingerprint density at radius 3 is 1.48 bits per heavy atom. The van der Waals surface area contributed by atoms with E-state index in [1.807, 2.05) is 0 Å². The highest BCUT2D eigenvalue weighted by Gasteiger charge is 2.55. The quantitative estimate of drug-likeness (QED) is 0.753. The van der Waals surface area contributed by atoms with Gasteiger partial charge < -0.3 is 4.98 Å². The first kappa shape index (κ1) is 19.6.